The average molecular weight is 586 g/mol. The Hall–Kier alpha value is -4.66. The van der Waals surface area contributed by atoms with Gasteiger partial charge in [-0.2, -0.15) is 0 Å². The number of rotatable bonds is 9. The minimum Gasteiger partial charge on any atom is -0.508 e. The molecule has 9 nitrogen and oxygen atoms in total. The summed E-state index contributed by atoms with van der Waals surface area (Å²) in [6.07, 6.45) is 1.66. The molecule has 3 aromatic carbocycles. The predicted molar refractivity (Wildman–Crippen MR) is 166 cm³/mol. The van der Waals surface area contributed by atoms with Crippen LogP contribution >= 0.6 is 0 Å². The maximum Gasteiger partial charge on any atom is 0.239 e. The fraction of sp³-hybridized carbons (Fsp3) is 0.353. The lowest BCUT2D eigenvalue weighted by molar-refractivity contribution is -0.120. The number of nitrogens with zero attached hydrogens (tertiary/aromatic N) is 1. The highest BCUT2D eigenvalue weighted by atomic mass is 16.5. The van der Waals surface area contributed by atoms with Gasteiger partial charge in [0.05, 0.1) is 45.3 Å². The third-order valence-electron chi connectivity index (χ3n) is 8.02. The van der Waals surface area contributed by atoms with Crippen LogP contribution in [0.5, 0.6) is 23.0 Å². The summed E-state index contributed by atoms with van der Waals surface area (Å²) in [4.78, 5) is 29.6. The molecule has 0 fully saturated rings. The number of hydrogen-bond acceptors (Lipinski definition) is 8. The van der Waals surface area contributed by atoms with Crippen LogP contribution in [0.15, 0.2) is 71.9 Å². The quantitative estimate of drug-likeness (QED) is 0.307. The van der Waals surface area contributed by atoms with Crippen molar-refractivity contribution in [1.29, 1.82) is 0 Å². The van der Waals surface area contributed by atoms with Gasteiger partial charge in [-0.1, -0.05) is 38.1 Å². The van der Waals surface area contributed by atoms with E-state index in [-0.39, 0.29) is 29.4 Å². The summed E-state index contributed by atoms with van der Waals surface area (Å²) in [6.45, 7) is 4.60. The summed E-state index contributed by atoms with van der Waals surface area (Å²) in [5.74, 6) is 1.38. The van der Waals surface area contributed by atoms with Crippen LogP contribution in [0.4, 0.5) is 11.4 Å². The number of Topliss-reactive ketones (excluding diaryl/α,β-unsaturated/α-hetero) is 1. The Morgan fingerprint density at radius 1 is 0.977 bits per heavy atom. The van der Waals surface area contributed by atoms with Crippen LogP contribution in [0.1, 0.15) is 43.9 Å². The molecule has 2 aliphatic rings. The summed E-state index contributed by atoms with van der Waals surface area (Å²) < 4.78 is 17.2. The van der Waals surface area contributed by atoms with Gasteiger partial charge in [-0.3, -0.25) is 9.59 Å². The van der Waals surface area contributed by atoms with Crippen molar-refractivity contribution in [2.24, 2.45) is 5.41 Å². The van der Waals surface area contributed by atoms with Gasteiger partial charge in [0, 0.05) is 29.8 Å². The number of methoxy groups -OCH3 is 3. The number of benzene rings is 3. The zero-order valence-electron chi connectivity index (χ0n) is 25.3. The maximum atomic E-state index is 14.1. The maximum absolute atomic E-state index is 14.1. The van der Waals surface area contributed by atoms with Crippen molar-refractivity contribution < 1.29 is 28.9 Å². The molecule has 0 saturated carbocycles. The lowest BCUT2D eigenvalue weighted by Gasteiger charge is -2.38. The predicted octanol–water partition coefficient (Wildman–Crippen LogP) is 5.39. The van der Waals surface area contributed by atoms with Crippen molar-refractivity contribution in [3.8, 4) is 23.0 Å². The van der Waals surface area contributed by atoms with Gasteiger partial charge in [-0.15, -0.1) is 0 Å². The molecule has 43 heavy (non-hydrogen) atoms. The van der Waals surface area contributed by atoms with Crippen molar-refractivity contribution in [3.63, 3.8) is 0 Å². The molecule has 226 valence electrons. The first-order valence-corrected chi connectivity index (χ1v) is 14.4. The first-order chi connectivity index (χ1) is 20.7. The van der Waals surface area contributed by atoms with Crippen LogP contribution < -0.4 is 29.7 Å². The number of anilines is 2. The Labute approximate surface area is 252 Å². The Morgan fingerprint density at radius 3 is 2.40 bits per heavy atom. The first-order valence-electron chi connectivity index (χ1n) is 14.4. The van der Waals surface area contributed by atoms with Crippen LogP contribution in [0.2, 0.25) is 0 Å². The molecular formula is C34H39N3O6. The van der Waals surface area contributed by atoms with E-state index in [0.29, 0.717) is 54.2 Å². The van der Waals surface area contributed by atoms with Crippen LogP contribution in [0, 0.1) is 5.41 Å². The lowest BCUT2D eigenvalue weighted by Crippen LogP contribution is -2.42. The Kier molecular flexibility index (Phi) is 8.52. The van der Waals surface area contributed by atoms with Crippen LogP contribution in [-0.4, -0.2) is 51.2 Å². The summed E-state index contributed by atoms with van der Waals surface area (Å²) in [5, 5.41) is 16.2. The number of phenols is 1. The molecule has 0 aromatic heterocycles. The van der Waals surface area contributed by atoms with Gasteiger partial charge in [-0.25, -0.2) is 0 Å². The smallest absolute Gasteiger partial charge is 0.239 e. The number of ketones is 1. The van der Waals surface area contributed by atoms with E-state index in [4.69, 9.17) is 14.2 Å². The number of fused-ring (bicyclic) bond motifs is 1. The van der Waals surface area contributed by atoms with E-state index in [0.717, 1.165) is 22.6 Å². The van der Waals surface area contributed by atoms with E-state index in [9.17, 15) is 14.7 Å². The second-order valence-electron chi connectivity index (χ2n) is 11.7. The van der Waals surface area contributed by atoms with Crippen molar-refractivity contribution in [1.82, 2.24) is 5.32 Å². The largest absolute Gasteiger partial charge is 0.508 e. The highest BCUT2D eigenvalue weighted by Gasteiger charge is 2.43. The van der Waals surface area contributed by atoms with Gasteiger partial charge < -0.3 is 34.9 Å². The zero-order valence-corrected chi connectivity index (χ0v) is 25.3. The number of amides is 1. The van der Waals surface area contributed by atoms with Gasteiger partial charge in [-0.05, 0) is 60.2 Å². The van der Waals surface area contributed by atoms with Crippen molar-refractivity contribution in [2.75, 3.05) is 44.6 Å². The van der Waals surface area contributed by atoms with Gasteiger partial charge >= 0.3 is 0 Å². The number of allylic oxidation sites excluding steroid dienone is 1. The van der Waals surface area contributed by atoms with Crippen LogP contribution in [0.25, 0.3) is 0 Å². The monoisotopic (exact) mass is 585 g/mol. The second kappa shape index (κ2) is 12.3. The highest BCUT2D eigenvalue weighted by molar-refractivity contribution is 6.02. The molecule has 1 unspecified atom stereocenters. The Balaban J connectivity index is 1.60. The van der Waals surface area contributed by atoms with Crippen molar-refractivity contribution >= 4 is 23.1 Å². The minimum absolute atomic E-state index is 0.0100. The van der Waals surface area contributed by atoms with E-state index in [1.165, 1.54) is 0 Å². The molecule has 0 bridgehead atoms. The van der Waals surface area contributed by atoms with Crippen LogP contribution in [-0.2, 0) is 16.0 Å². The molecule has 1 atom stereocenters. The van der Waals surface area contributed by atoms with E-state index in [1.54, 1.807) is 39.5 Å². The summed E-state index contributed by atoms with van der Waals surface area (Å²) in [7, 11) is 4.67. The van der Waals surface area contributed by atoms with Gasteiger partial charge in [0.2, 0.25) is 11.7 Å². The molecule has 0 saturated heterocycles. The van der Waals surface area contributed by atoms with Crippen LogP contribution in [0.3, 0.4) is 0 Å². The molecule has 1 heterocycles. The third kappa shape index (κ3) is 6.11. The number of nitrogens with one attached hydrogen (secondary N) is 2. The molecule has 3 aromatic rings. The molecule has 9 heteroatoms. The first kappa shape index (κ1) is 29.8. The van der Waals surface area contributed by atoms with E-state index >= 15 is 0 Å². The lowest BCUT2D eigenvalue weighted by atomic mass is 9.73. The van der Waals surface area contributed by atoms with E-state index in [2.05, 4.69) is 24.5 Å². The molecular weight excluding hydrogens is 546 g/mol. The fourth-order valence-corrected chi connectivity index (χ4v) is 6.11. The second-order valence-corrected chi connectivity index (χ2v) is 11.7. The number of hydrogen-bond donors (Lipinski definition) is 3. The topological polar surface area (TPSA) is 109 Å². The van der Waals surface area contributed by atoms with Gasteiger partial charge in [0.25, 0.3) is 0 Å². The Bertz CT molecular complexity index is 1550. The highest BCUT2D eigenvalue weighted by Crippen LogP contribution is 2.52. The van der Waals surface area contributed by atoms with E-state index < -0.39 is 6.04 Å². The number of ether oxygens (including phenoxy) is 3. The molecule has 1 aliphatic heterocycles. The summed E-state index contributed by atoms with van der Waals surface area (Å²) in [6, 6.07) is 17.8. The molecule has 0 spiro atoms. The minimum atomic E-state index is -0.646. The SMILES string of the molecule is COc1ccc(C2C3=C(CC(C)(C)CC3=O)Nc3ccccc3N2CC(=O)NCCc2ccc(O)cc2)c(OC)c1OC. The Morgan fingerprint density at radius 2 is 1.70 bits per heavy atom. The molecule has 3 N–H and O–H groups in total. The molecule has 5 rings (SSSR count). The fourth-order valence-electron chi connectivity index (χ4n) is 6.11. The van der Waals surface area contributed by atoms with Crippen molar-refractivity contribution in [3.05, 3.63) is 83.1 Å². The van der Waals surface area contributed by atoms with E-state index in [1.807, 2.05) is 47.4 Å². The number of carbonyl (C=O) groups excluding carboxylic acids is 2. The van der Waals surface area contributed by atoms with Gasteiger partial charge in [0.15, 0.2) is 17.3 Å². The zero-order chi connectivity index (χ0) is 30.7. The molecule has 1 aliphatic carbocycles. The molecule has 0 radical (unpaired) electrons. The average Bonchev–Trinajstić information content (AvgIpc) is 3.11. The number of para-hydroxylation sites is 2. The van der Waals surface area contributed by atoms with Gasteiger partial charge in [0.1, 0.15) is 5.75 Å². The normalized spacial score (nSPS) is 17.3. The third-order valence-corrected chi connectivity index (χ3v) is 8.02. The summed E-state index contributed by atoms with van der Waals surface area (Å²) >= 11 is 0. The standard InChI is InChI=1S/C34H39N3O6/c1-34(2)18-25-30(27(39)19-34)31(23-14-15-28(41-3)33(43-5)32(23)42-4)37(26-9-7-6-8-24(26)36-25)20-29(40)35-17-16-21-10-12-22(38)13-11-21/h6-15,31,36,38H,16-20H2,1-5H3,(H,35,40). The number of carbonyl (C=O) groups is 2. The summed E-state index contributed by atoms with van der Waals surface area (Å²) in [5.41, 5.74) is 4.52. The number of aromatic hydroxyl groups is 1. The molecule has 1 amide bonds. The van der Waals surface area contributed by atoms with Crippen molar-refractivity contribution in [2.45, 2.75) is 39.2 Å². The number of phenolic OH excluding ortho intramolecular Hbond substituents is 1.